The summed E-state index contributed by atoms with van der Waals surface area (Å²) in [5, 5.41) is 0. The standard InChI is InChI=1S/C13H17NO2/c1-14(11-5-6-11)9-13(15)10-3-7-12(16-2)8-4-10/h3-4,7-8,11H,5-6,9H2,1-2H3. The van der Waals surface area contributed by atoms with Crippen molar-refractivity contribution < 1.29 is 9.53 Å². The first-order valence-corrected chi connectivity index (χ1v) is 5.58. The number of Topliss-reactive ketones (excluding diaryl/α,β-unsaturated/α-hetero) is 1. The van der Waals surface area contributed by atoms with Crippen LogP contribution >= 0.6 is 0 Å². The average molecular weight is 219 g/mol. The van der Waals surface area contributed by atoms with Gasteiger partial charge in [-0.25, -0.2) is 0 Å². The summed E-state index contributed by atoms with van der Waals surface area (Å²) < 4.78 is 5.06. The van der Waals surface area contributed by atoms with E-state index in [-0.39, 0.29) is 5.78 Å². The molecule has 0 heterocycles. The summed E-state index contributed by atoms with van der Waals surface area (Å²) in [6.45, 7) is 0.511. The van der Waals surface area contributed by atoms with Crippen LogP contribution < -0.4 is 4.74 Å². The van der Waals surface area contributed by atoms with Crippen molar-refractivity contribution in [2.24, 2.45) is 0 Å². The number of nitrogens with zero attached hydrogens (tertiary/aromatic N) is 1. The summed E-state index contributed by atoms with van der Waals surface area (Å²) in [4.78, 5) is 14.0. The zero-order chi connectivity index (χ0) is 11.5. The molecule has 0 saturated heterocycles. The summed E-state index contributed by atoms with van der Waals surface area (Å²) in [7, 11) is 3.64. The Morgan fingerprint density at radius 1 is 1.38 bits per heavy atom. The van der Waals surface area contributed by atoms with Crippen molar-refractivity contribution in [3.8, 4) is 5.75 Å². The zero-order valence-corrected chi connectivity index (χ0v) is 9.77. The van der Waals surface area contributed by atoms with Gasteiger partial charge in [-0.05, 0) is 44.2 Å². The fourth-order valence-corrected chi connectivity index (χ4v) is 1.74. The number of benzene rings is 1. The van der Waals surface area contributed by atoms with Crippen LogP contribution in [0.15, 0.2) is 24.3 Å². The summed E-state index contributed by atoms with van der Waals surface area (Å²) in [5.41, 5.74) is 0.758. The Hall–Kier alpha value is -1.35. The summed E-state index contributed by atoms with van der Waals surface area (Å²) in [6, 6.07) is 7.92. The molecule has 16 heavy (non-hydrogen) atoms. The van der Waals surface area contributed by atoms with E-state index in [0.717, 1.165) is 11.3 Å². The summed E-state index contributed by atoms with van der Waals surface area (Å²) in [5.74, 6) is 0.962. The van der Waals surface area contributed by atoms with E-state index in [4.69, 9.17) is 4.74 Å². The number of hydrogen-bond donors (Lipinski definition) is 0. The van der Waals surface area contributed by atoms with Crippen LogP contribution in [0.5, 0.6) is 5.75 Å². The molecule has 1 aliphatic carbocycles. The van der Waals surface area contributed by atoms with Gasteiger partial charge in [0.05, 0.1) is 13.7 Å². The molecule has 1 aliphatic rings. The van der Waals surface area contributed by atoms with Crippen molar-refractivity contribution in [3.05, 3.63) is 29.8 Å². The minimum absolute atomic E-state index is 0.178. The van der Waals surface area contributed by atoms with Gasteiger partial charge in [0.25, 0.3) is 0 Å². The number of methoxy groups -OCH3 is 1. The fourth-order valence-electron chi connectivity index (χ4n) is 1.74. The van der Waals surface area contributed by atoms with Crippen LogP contribution in [0.2, 0.25) is 0 Å². The van der Waals surface area contributed by atoms with Crippen LogP contribution in [0.4, 0.5) is 0 Å². The molecule has 1 aromatic rings. The third kappa shape index (κ3) is 2.61. The highest BCUT2D eigenvalue weighted by Gasteiger charge is 2.27. The monoisotopic (exact) mass is 219 g/mol. The number of rotatable bonds is 5. The largest absolute Gasteiger partial charge is 0.497 e. The second-order valence-electron chi connectivity index (χ2n) is 4.30. The lowest BCUT2D eigenvalue weighted by Gasteiger charge is -2.14. The Morgan fingerprint density at radius 2 is 2.00 bits per heavy atom. The Balaban J connectivity index is 1.96. The lowest BCUT2D eigenvalue weighted by Crippen LogP contribution is -2.27. The first kappa shape index (κ1) is 11.1. The second kappa shape index (κ2) is 4.66. The van der Waals surface area contributed by atoms with Gasteiger partial charge in [-0.1, -0.05) is 0 Å². The molecule has 0 radical (unpaired) electrons. The lowest BCUT2D eigenvalue weighted by molar-refractivity contribution is 0.0942. The molecular weight excluding hydrogens is 202 g/mol. The van der Waals surface area contributed by atoms with E-state index in [1.165, 1.54) is 12.8 Å². The molecule has 0 spiro atoms. The molecule has 0 bridgehead atoms. The third-order valence-electron chi connectivity index (χ3n) is 2.98. The maximum absolute atomic E-state index is 11.9. The molecular formula is C13H17NO2. The highest BCUT2D eigenvalue weighted by Crippen LogP contribution is 2.25. The van der Waals surface area contributed by atoms with E-state index in [1.807, 2.05) is 31.3 Å². The molecule has 1 aromatic carbocycles. The van der Waals surface area contributed by atoms with E-state index in [9.17, 15) is 4.79 Å². The highest BCUT2D eigenvalue weighted by atomic mass is 16.5. The van der Waals surface area contributed by atoms with Crippen LogP contribution in [0.25, 0.3) is 0 Å². The van der Waals surface area contributed by atoms with Crippen LogP contribution in [-0.4, -0.2) is 37.4 Å². The number of carbonyl (C=O) groups is 1. The third-order valence-corrected chi connectivity index (χ3v) is 2.98. The number of carbonyl (C=O) groups excluding carboxylic acids is 1. The van der Waals surface area contributed by atoms with Crippen molar-refractivity contribution in [1.29, 1.82) is 0 Å². The van der Waals surface area contributed by atoms with Crippen LogP contribution in [0.1, 0.15) is 23.2 Å². The number of ether oxygens (including phenoxy) is 1. The van der Waals surface area contributed by atoms with Gasteiger partial charge in [-0.2, -0.15) is 0 Å². The van der Waals surface area contributed by atoms with Crippen molar-refractivity contribution in [3.63, 3.8) is 0 Å². The molecule has 2 rings (SSSR count). The van der Waals surface area contributed by atoms with Gasteiger partial charge in [0.2, 0.25) is 0 Å². The van der Waals surface area contributed by atoms with Gasteiger partial charge >= 0.3 is 0 Å². The number of likely N-dealkylation sites (N-methyl/N-ethyl adjacent to an activating group) is 1. The zero-order valence-electron chi connectivity index (χ0n) is 9.77. The quantitative estimate of drug-likeness (QED) is 0.709. The lowest BCUT2D eigenvalue weighted by atomic mass is 10.1. The Bertz CT molecular complexity index is 368. The number of hydrogen-bond acceptors (Lipinski definition) is 3. The predicted molar refractivity (Wildman–Crippen MR) is 63.0 cm³/mol. The SMILES string of the molecule is COc1ccc(C(=O)CN(C)C2CC2)cc1. The van der Waals surface area contributed by atoms with E-state index < -0.39 is 0 Å². The van der Waals surface area contributed by atoms with Gasteiger partial charge in [-0.3, -0.25) is 9.69 Å². The molecule has 0 amide bonds. The topological polar surface area (TPSA) is 29.5 Å². The minimum atomic E-state index is 0.178. The first-order valence-electron chi connectivity index (χ1n) is 5.58. The van der Waals surface area contributed by atoms with E-state index >= 15 is 0 Å². The van der Waals surface area contributed by atoms with Crippen LogP contribution in [0.3, 0.4) is 0 Å². The van der Waals surface area contributed by atoms with Crippen LogP contribution in [-0.2, 0) is 0 Å². The smallest absolute Gasteiger partial charge is 0.176 e. The Morgan fingerprint density at radius 3 is 2.50 bits per heavy atom. The first-order chi connectivity index (χ1) is 7.70. The Labute approximate surface area is 96.0 Å². The minimum Gasteiger partial charge on any atom is -0.497 e. The molecule has 3 heteroatoms. The second-order valence-corrected chi connectivity index (χ2v) is 4.30. The molecule has 3 nitrogen and oxygen atoms in total. The molecule has 0 aromatic heterocycles. The van der Waals surface area contributed by atoms with Crippen molar-refractivity contribution in [1.82, 2.24) is 4.90 Å². The normalized spacial score (nSPS) is 15.2. The molecule has 86 valence electrons. The molecule has 0 aliphatic heterocycles. The Kier molecular flexibility index (Phi) is 3.25. The van der Waals surface area contributed by atoms with Gasteiger partial charge in [-0.15, -0.1) is 0 Å². The average Bonchev–Trinajstić information content (AvgIpc) is 3.13. The summed E-state index contributed by atoms with van der Waals surface area (Å²) >= 11 is 0. The molecule has 1 saturated carbocycles. The molecule has 0 atom stereocenters. The molecule has 1 fully saturated rings. The van der Waals surface area contributed by atoms with Gasteiger partial charge in [0, 0.05) is 11.6 Å². The highest BCUT2D eigenvalue weighted by molar-refractivity contribution is 5.97. The fraction of sp³-hybridized carbons (Fsp3) is 0.462. The van der Waals surface area contributed by atoms with E-state index in [1.54, 1.807) is 7.11 Å². The molecule has 0 N–H and O–H groups in total. The summed E-state index contributed by atoms with van der Waals surface area (Å²) in [6.07, 6.45) is 2.46. The maximum Gasteiger partial charge on any atom is 0.176 e. The van der Waals surface area contributed by atoms with Crippen LogP contribution in [0, 0.1) is 0 Å². The molecule has 0 unspecified atom stereocenters. The van der Waals surface area contributed by atoms with Crippen molar-refractivity contribution in [2.75, 3.05) is 20.7 Å². The van der Waals surface area contributed by atoms with Gasteiger partial charge in [0.1, 0.15) is 5.75 Å². The van der Waals surface area contributed by atoms with Crippen molar-refractivity contribution in [2.45, 2.75) is 18.9 Å². The van der Waals surface area contributed by atoms with Gasteiger partial charge < -0.3 is 4.74 Å². The van der Waals surface area contributed by atoms with Crippen molar-refractivity contribution >= 4 is 5.78 Å². The van der Waals surface area contributed by atoms with Gasteiger partial charge in [0.15, 0.2) is 5.78 Å². The van der Waals surface area contributed by atoms with E-state index in [0.29, 0.717) is 12.6 Å². The predicted octanol–water partition coefficient (Wildman–Crippen LogP) is 1.97. The number of ketones is 1. The van der Waals surface area contributed by atoms with E-state index in [2.05, 4.69) is 4.90 Å². The maximum atomic E-state index is 11.9.